The maximum absolute atomic E-state index is 11.1. The van der Waals surface area contributed by atoms with Crippen LogP contribution in [0.4, 0.5) is 0 Å². The molecule has 0 spiro atoms. The van der Waals surface area contributed by atoms with Crippen LogP contribution in [-0.4, -0.2) is 76.4 Å². The van der Waals surface area contributed by atoms with E-state index in [2.05, 4.69) is 16.4 Å². The van der Waals surface area contributed by atoms with Crippen LogP contribution < -0.4 is 0 Å². The molecule has 0 heterocycles. The van der Waals surface area contributed by atoms with Gasteiger partial charge in [0.25, 0.3) is 0 Å². The van der Waals surface area contributed by atoms with E-state index in [0.29, 0.717) is 0 Å². The molecule has 0 rings (SSSR count). The number of carboxylic acids is 2. The SMILES string of the molecule is [CH2]C(COC(=O)CCC(=O)O)OC(=O)CCC(=O)O.[NaH]. The molecule has 0 saturated carbocycles. The topological polar surface area (TPSA) is 127 Å². The summed E-state index contributed by atoms with van der Waals surface area (Å²) in [6.45, 7) is 3.08. The number of esters is 2. The van der Waals surface area contributed by atoms with E-state index >= 15 is 0 Å². The summed E-state index contributed by atoms with van der Waals surface area (Å²) in [5.74, 6) is -3.75. The van der Waals surface area contributed by atoms with Crippen molar-refractivity contribution in [2.24, 2.45) is 0 Å². The molecule has 1 unspecified atom stereocenters. The normalized spacial score (nSPS) is 10.8. The standard InChI is InChI=1S/C11H15O8.Na.H/c1-7(19-11(17)5-3-9(14)15)6-18-10(16)4-2-8(12)13;;/h7H,1-6H2,(H,12,13)(H,14,15);;. The molecule has 0 aromatic heterocycles. The number of rotatable bonds is 9. The molecule has 0 aromatic rings. The van der Waals surface area contributed by atoms with Gasteiger partial charge >= 0.3 is 53.4 Å². The first kappa shape index (κ1) is 21.2. The molecule has 0 aliphatic rings. The molecule has 0 amide bonds. The van der Waals surface area contributed by atoms with E-state index in [1.807, 2.05) is 0 Å². The van der Waals surface area contributed by atoms with E-state index in [-0.39, 0.29) is 61.8 Å². The molecular formula is C11H16NaO8. The van der Waals surface area contributed by atoms with Gasteiger partial charge in [0.1, 0.15) is 12.7 Å². The number of ether oxygens (including phenoxy) is 2. The number of hydrogen-bond donors (Lipinski definition) is 2. The second-order valence-corrected chi connectivity index (χ2v) is 3.58. The van der Waals surface area contributed by atoms with E-state index in [1.165, 1.54) is 0 Å². The maximum atomic E-state index is 11.1. The molecule has 0 aromatic carbocycles. The molecule has 0 bridgehead atoms. The number of aliphatic carboxylic acids is 2. The van der Waals surface area contributed by atoms with Crippen LogP contribution in [0, 0.1) is 6.92 Å². The molecule has 0 aliphatic carbocycles. The van der Waals surface area contributed by atoms with Crippen molar-refractivity contribution in [2.75, 3.05) is 6.61 Å². The van der Waals surface area contributed by atoms with Crippen molar-refractivity contribution in [1.29, 1.82) is 0 Å². The Morgan fingerprint density at radius 2 is 1.35 bits per heavy atom. The predicted octanol–water partition coefficient (Wildman–Crippen LogP) is -0.643. The third-order valence-electron chi connectivity index (χ3n) is 1.81. The zero-order chi connectivity index (χ0) is 14.8. The van der Waals surface area contributed by atoms with Crippen LogP contribution in [0.1, 0.15) is 25.7 Å². The van der Waals surface area contributed by atoms with Gasteiger partial charge in [0.2, 0.25) is 0 Å². The first-order chi connectivity index (χ1) is 8.81. The van der Waals surface area contributed by atoms with Gasteiger partial charge < -0.3 is 19.7 Å². The molecule has 9 heteroatoms. The Hall–Kier alpha value is -1.12. The van der Waals surface area contributed by atoms with Gasteiger partial charge in [-0.05, 0) is 6.92 Å². The van der Waals surface area contributed by atoms with Gasteiger partial charge in [-0.3, -0.25) is 19.2 Å². The molecule has 0 fully saturated rings. The summed E-state index contributed by atoms with van der Waals surface area (Å²) in [4.78, 5) is 42.5. The summed E-state index contributed by atoms with van der Waals surface area (Å²) in [6, 6.07) is 0. The third-order valence-corrected chi connectivity index (χ3v) is 1.81. The molecule has 109 valence electrons. The Balaban J connectivity index is 0. The van der Waals surface area contributed by atoms with Crippen LogP contribution in [0.3, 0.4) is 0 Å². The van der Waals surface area contributed by atoms with Crippen LogP contribution in [0.15, 0.2) is 0 Å². The average Bonchev–Trinajstić information content (AvgIpc) is 2.31. The molecule has 2 N–H and O–H groups in total. The summed E-state index contributed by atoms with van der Waals surface area (Å²) in [5, 5.41) is 16.7. The van der Waals surface area contributed by atoms with E-state index < -0.39 is 30.0 Å². The van der Waals surface area contributed by atoms with Gasteiger partial charge in [-0.25, -0.2) is 0 Å². The monoisotopic (exact) mass is 299 g/mol. The summed E-state index contributed by atoms with van der Waals surface area (Å²) >= 11 is 0. The van der Waals surface area contributed by atoms with Crippen molar-refractivity contribution in [1.82, 2.24) is 0 Å². The van der Waals surface area contributed by atoms with Crippen molar-refractivity contribution in [3.05, 3.63) is 6.92 Å². The van der Waals surface area contributed by atoms with Crippen molar-refractivity contribution in [3.63, 3.8) is 0 Å². The molecule has 0 saturated heterocycles. The van der Waals surface area contributed by atoms with Gasteiger partial charge in [0.15, 0.2) is 0 Å². The van der Waals surface area contributed by atoms with Crippen LogP contribution in [0.5, 0.6) is 0 Å². The second kappa shape index (κ2) is 11.7. The van der Waals surface area contributed by atoms with E-state index in [1.54, 1.807) is 0 Å². The van der Waals surface area contributed by atoms with Crippen LogP contribution in [-0.2, 0) is 28.7 Å². The number of hydrogen-bond acceptors (Lipinski definition) is 6. The zero-order valence-corrected chi connectivity index (χ0v) is 10.2. The first-order valence-electron chi connectivity index (χ1n) is 5.43. The Kier molecular flexibility index (Phi) is 12.4. The Bertz CT molecular complexity index is 354. The minimum absolute atomic E-state index is 0. The van der Waals surface area contributed by atoms with Crippen molar-refractivity contribution in [2.45, 2.75) is 31.8 Å². The van der Waals surface area contributed by atoms with E-state index in [9.17, 15) is 19.2 Å². The fraction of sp³-hybridized carbons (Fsp3) is 0.545. The average molecular weight is 299 g/mol. The predicted molar refractivity (Wildman–Crippen MR) is 67.1 cm³/mol. The van der Waals surface area contributed by atoms with E-state index in [0.717, 1.165) is 0 Å². The first-order valence-corrected chi connectivity index (χ1v) is 5.43. The van der Waals surface area contributed by atoms with Crippen molar-refractivity contribution < 1.29 is 38.9 Å². The van der Waals surface area contributed by atoms with Crippen LogP contribution in [0.25, 0.3) is 0 Å². The fourth-order valence-corrected chi connectivity index (χ4v) is 0.955. The van der Waals surface area contributed by atoms with Crippen LogP contribution >= 0.6 is 0 Å². The molecular weight excluding hydrogens is 283 g/mol. The summed E-state index contributed by atoms with van der Waals surface area (Å²) < 4.78 is 9.29. The van der Waals surface area contributed by atoms with Gasteiger partial charge in [0.05, 0.1) is 25.7 Å². The zero-order valence-electron chi connectivity index (χ0n) is 10.2. The van der Waals surface area contributed by atoms with Gasteiger partial charge in [-0.2, -0.15) is 0 Å². The number of carboxylic acid groups (broad SMARTS) is 2. The Morgan fingerprint density at radius 1 is 0.900 bits per heavy atom. The Labute approximate surface area is 137 Å². The van der Waals surface area contributed by atoms with Gasteiger partial charge in [-0.15, -0.1) is 0 Å². The molecule has 20 heavy (non-hydrogen) atoms. The summed E-state index contributed by atoms with van der Waals surface area (Å²) in [7, 11) is 0. The molecule has 1 radical (unpaired) electrons. The van der Waals surface area contributed by atoms with Crippen molar-refractivity contribution >= 4 is 53.4 Å². The minimum atomic E-state index is -1.13. The second-order valence-electron chi connectivity index (χ2n) is 3.58. The third kappa shape index (κ3) is 13.3. The van der Waals surface area contributed by atoms with Gasteiger partial charge in [0, 0.05) is 0 Å². The quantitative estimate of drug-likeness (QED) is 0.425. The molecule has 8 nitrogen and oxygen atoms in total. The molecule has 1 atom stereocenters. The fourth-order valence-electron chi connectivity index (χ4n) is 0.955. The Morgan fingerprint density at radius 3 is 1.80 bits per heavy atom. The van der Waals surface area contributed by atoms with Crippen molar-refractivity contribution in [3.8, 4) is 0 Å². The summed E-state index contributed by atoms with van der Waals surface area (Å²) in [6.07, 6.45) is -2.25. The number of carbonyl (C=O) groups is 4. The van der Waals surface area contributed by atoms with Crippen LogP contribution in [0.2, 0.25) is 0 Å². The van der Waals surface area contributed by atoms with Gasteiger partial charge in [-0.1, -0.05) is 0 Å². The van der Waals surface area contributed by atoms with E-state index in [4.69, 9.17) is 10.2 Å². The number of carbonyl (C=O) groups excluding carboxylic acids is 2. The summed E-state index contributed by atoms with van der Waals surface area (Å²) in [5.41, 5.74) is 0. The molecule has 0 aliphatic heterocycles.